The number of benzene rings is 1. The van der Waals surface area contributed by atoms with Gasteiger partial charge >= 0.3 is 0 Å². The van der Waals surface area contributed by atoms with E-state index >= 15 is 0 Å². The number of ether oxygens (including phenoxy) is 1. The molecule has 0 aliphatic carbocycles. The molecule has 0 spiro atoms. The molecule has 0 saturated carbocycles. The average Bonchev–Trinajstić information content (AvgIpc) is 2.03. The summed E-state index contributed by atoms with van der Waals surface area (Å²) in [6, 6.07) is 6.22. The van der Waals surface area contributed by atoms with Gasteiger partial charge in [-0.3, -0.25) is 0 Å². The SMILES string of the molecule is COc1ccc(C)c(C(C)(C)I)c1. The van der Waals surface area contributed by atoms with Crippen LogP contribution in [0.5, 0.6) is 5.75 Å². The molecule has 0 atom stereocenters. The van der Waals surface area contributed by atoms with Crippen LogP contribution < -0.4 is 4.74 Å². The van der Waals surface area contributed by atoms with Crippen LogP contribution in [0, 0.1) is 6.92 Å². The second-order valence-electron chi connectivity index (χ2n) is 3.65. The highest BCUT2D eigenvalue weighted by molar-refractivity contribution is 14.1. The molecule has 0 aromatic heterocycles. The Bertz CT molecular complexity index is 299. The summed E-state index contributed by atoms with van der Waals surface area (Å²) in [6.07, 6.45) is 0. The van der Waals surface area contributed by atoms with Gasteiger partial charge in [0.15, 0.2) is 0 Å². The summed E-state index contributed by atoms with van der Waals surface area (Å²) in [5.41, 5.74) is 2.66. The minimum Gasteiger partial charge on any atom is -0.497 e. The van der Waals surface area contributed by atoms with E-state index < -0.39 is 0 Å². The van der Waals surface area contributed by atoms with Gasteiger partial charge in [-0.05, 0) is 44.0 Å². The van der Waals surface area contributed by atoms with Gasteiger partial charge in [0.05, 0.1) is 7.11 Å². The van der Waals surface area contributed by atoms with Crippen molar-refractivity contribution in [2.24, 2.45) is 0 Å². The van der Waals surface area contributed by atoms with Crippen molar-refractivity contribution in [2.45, 2.75) is 24.2 Å². The molecule has 0 fully saturated rings. The van der Waals surface area contributed by atoms with Crippen molar-refractivity contribution in [2.75, 3.05) is 7.11 Å². The molecule has 0 radical (unpaired) electrons. The monoisotopic (exact) mass is 290 g/mol. The minimum absolute atomic E-state index is 0.163. The highest BCUT2D eigenvalue weighted by Crippen LogP contribution is 2.34. The predicted octanol–water partition coefficient (Wildman–Crippen LogP) is 3.67. The maximum Gasteiger partial charge on any atom is 0.119 e. The summed E-state index contributed by atoms with van der Waals surface area (Å²) in [5, 5.41) is 0. The molecule has 1 nitrogen and oxygen atoms in total. The molecule has 0 saturated heterocycles. The summed E-state index contributed by atoms with van der Waals surface area (Å²) in [6.45, 7) is 6.54. The highest BCUT2D eigenvalue weighted by Gasteiger charge is 2.18. The third kappa shape index (κ3) is 2.59. The van der Waals surface area contributed by atoms with Crippen LogP contribution in [0.15, 0.2) is 18.2 Å². The molecule has 0 bridgehead atoms. The Balaban J connectivity index is 3.19. The van der Waals surface area contributed by atoms with Gasteiger partial charge in [-0.25, -0.2) is 0 Å². The van der Waals surface area contributed by atoms with Crippen LogP contribution in [0.3, 0.4) is 0 Å². The van der Waals surface area contributed by atoms with Crippen LogP contribution in [0.1, 0.15) is 25.0 Å². The Hall–Kier alpha value is -0.250. The van der Waals surface area contributed by atoms with Gasteiger partial charge in [-0.1, -0.05) is 28.7 Å². The molecule has 13 heavy (non-hydrogen) atoms. The van der Waals surface area contributed by atoms with Crippen LogP contribution in [0.2, 0.25) is 0 Å². The van der Waals surface area contributed by atoms with Gasteiger partial charge in [0.2, 0.25) is 0 Å². The zero-order valence-corrected chi connectivity index (χ0v) is 10.7. The molecule has 0 N–H and O–H groups in total. The maximum atomic E-state index is 5.20. The largest absolute Gasteiger partial charge is 0.497 e. The first-order valence-electron chi connectivity index (χ1n) is 4.29. The molecule has 0 amide bonds. The summed E-state index contributed by atoms with van der Waals surface area (Å²) < 4.78 is 5.36. The zero-order chi connectivity index (χ0) is 10.1. The normalized spacial score (nSPS) is 11.5. The Morgan fingerprint density at radius 3 is 2.38 bits per heavy atom. The second kappa shape index (κ2) is 3.86. The number of rotatable bonds is 2. The lowest BCUT2D eigenvalue weighted by atomic mass is 9.98. The quantitative estimate of drug-likeness (QED) is 0.596. The van der Waals surface area contributed by atoms with E-state index in [-0.39, 0.29) is 3.42 Å². The van der Waals surface area contributed by atoms with Gasteiger partial charge < -0.3 is 4.74 Å². The summed E-state index contributed by atoms with van der Waals surface area (Å²) >= 11 is 2.45. The molecular weight excluding hydrogens is 275 g/mol. The summed E-state index contributed by atoms with van der Waals surface area (Å²) in [5.74, 6) is 0.936. The number of halogens is 1. The fourth-order valence-corrected chi connectivity index (χ4v) is 1.95. The Morgan fingerprint density at radius 2 is 1.92 bits per heavy atom. The summed E-state index contributed by atoms with van der Waals surface area (Å²) in [7, 11) is 1.70. The van der Waals surface area contributed by atoms with Crippen LogP contribution in [-0.4, -0.2) is 7.11 Å². The smallest absolute Gasteiger partial charge is 0.119 e. The van der Waals surface area contributed by atoms with Gasteiger partial charge in [-0.15, -0.1) is 0 Å². The number of aryl methyl sites for hydroxylation is 1. The van der Waals surface area contributed by atoms with E-state index in [1.54, 1.807) is 7.11 Å². The zero-order valence-electron chi connectivity index (χ0n) is 8.52. The van der Waals surface area contributed by atoms with Gasteiger partial charge in [-0.2, -0.15) is 0 Å². The number of hydrogen-bond donors (Lipinski definition) is 0. The standard InChI is InChI=1S/C11H15IO/c1-8-5-6-9(13-4)7-10(8)11(2,3)12/h5-7H,1-4H3. The average molecular weight is 290 g/mol. The van der Waals surface area contributed by atoms with Gasteiger partial charge in [0.25, 0.3) is 0 Å². The van der Waals surface area contributed by atoms with E-state index in [0.29, 0.717) is 0 Å². The number of alkyl halides is 1. The van der Waals surface area contributed by atoms with Crippen LogP contribution in [0.4, 0.5) is 0 Å². The molecule has 72 valence electrons. The van der Waals surface area contributed by atoms with Crippen molar-refractivity contribution in [1.82, 2.24) is 0 Å². The Labute approximate surface area is 93.6 Å². The van der Waals surface area contributed by atoms with Crippen LogP contribution in [0.25, 0.3) is 0 Å². The highest BCUT2D eigenvalue weighted by atomic mass is 127. The topological polar surface area (TPSA) is 9.23 Å². The van der Waals surface area contributed by atoms with Crippen molar-refractivity contribution < 1.29 is 4.74 Å². The van der Waals surface area contributed by atoms with Crippen LogP contribution >= 0.6 is 22.6 Å². The van der Waals surface area contributed by atoms with E-state index in [1.165, 1.54) is 11.1 Å². The van der Waals surface area contributed by atoms with E-state index in [9.17, 15) is 0 Å². The second-order valence-corrected chi connectivity index (χ2v) is 6.35. The van der Waals surface area contributed by atoms with E-state index in [4.69, 9.17) is 4.74 Å². The van der Waals surface area contributed by atoms with E-state index in [1.807, 2.05) is 6.07 Å². The van der Waals surface area contributed by atoms with Crippen molar-refractivity contribution in [3.8, 4) is 5.75 Å². The predicted molar refractivity (Wildman–Crippen MR) is 64.8 cm³/mol. The molecule has 0 heterocycles. The molecule has 1 rings (SSSR count). The molecule has 0 unspecified atom stereocenters. The van der Waals surface area contributed by atoms with Gasteiger partial charge in [0, 0.05) is 3.42 Å². The minimum atomic E-state index is 0.163. The number of hydrogen-bond acceptors (Lipinski definition) is 1. The first-order valence-corrected chi connectivity index (χ1v) is 5.37. The van der Waals surface area contributed by atoms with Crippen molar-refractivity contribution >= 4 is 22.6 Å². The Morgan fingerprint density at radius 1 is 1.31 bits per heavy atom. The lowest BCUT2D eigenvalue weighted by Crippen LogP contribution is -2.08. The lowest BCUT2D eigenvalue weighted by Gasteiger charge is -2.20. The third-order valence-corrected chi connectivity index (χ3v) is 2.67. The van der Waals surface area contributed by atoms with E-state index in [2.05, 4.69) is 55.5 Å². The van der Waals surface area contributed by atoms with Crippen molar-refractivity contribution in [3.63, 3.8) is 0 Å². The number of methoxy groups -OCH3 is 1. The molecule has 0 aliphatic rings. The van der Waals surface area contributed by atoms with Crippen LogP contribution in [-0.2, 0) is 3.42 Å². The van der Waals surface area contributed by atoms with Crippen molar-refractivity contribution in [1.29, 1.82) is 0 Å². The molecule has 2 heteroatoms. The van der Waals surface area contributed by atoms with Crippen molar-refractivity contribution in [3.05, 3.63) is 29.3 Å². The van der Waals surface area contributed by atoms with E-state index in [0.717, 1.165) is 5.75 Å². The Kier molecular flexibility index (Phi) is 3.22. The first kappa shape index (κ1) is 10.8. The maximum absolute atomic E-state index is 5.20. The molecule has 0 aliphatic heterocycles. The first-order chi connectivity index (χ1) is 5.95. The fraction of sp³-hybridized carbons (Fsp3) is 0.455. The molecular formula is C11H15IO. The summed E-state index contributed by atoms with van der Waals surface area (Å²) in [4.78, 5) is 0. The lowest BCUT2D eigenvalue weighted by molar-refractivity contribution is 0.413. The molecule has 1 aromatic carbocycles. The van der Waals surface area contributed by atoms with Gasteiger partial charge in [0.1, 0.15) is 5.75 Å². The third-order valence-electron chi connectivity index (χ3n) is 2.09. The molecule has 1 aromatic rings. The fourth-order valence-electron chi connectivity index (χ4n) is 1.37.